The SMILES string of the molecule is CC(C)Nc1cc(Br)ncc1[N+](=O)[O-]. The molecule has 0 aromatic carbocycles. The molecule has 76 valence electrons. The number of pyridine rings is 1. The number of anilines is 1. The fraction of sp³-hybridized carbons (Fsp3) is 0.375. The highest BCUT2D eigenvalue weighted by molar-refractivity contribution is 9.10. The smallest absolute Gasteiger partial charge is 0.310 e. The van der Waals surface area contributed by atoms with Gasteiger partial charge in [-0.2, -0.15) is 0 Å². The Bertz CT molecular complexity index is 354. The molecule has 1 aromatic rings. The molecule has 0 saturated carbocycles. The van der Waals surface area contributed by atoms with E-state index in [2.05, 4.69) is 26.2 Å². The average Bonchev–Trinajstić information content (AvgIpc) is 2.01. The van der Waals surface area contributed by atoms with Crippen molar-refractivity contribution >= 4 is 27.3 Å². The molecular formula is C8H10BrN3O2. The molecule has 1 aromatic heterocycles. The van der Waals surface area contributed by atoms with Crippen molar-refractivity contribution in [3.05, 3.63) is 27.0 Å². The van der Waals surface area contributed by atoms with Crippen LogP contribution in [-0.4, -0.2) is 15.9 Å². The molecule has 0 unspecified atom stereocenters. The van der Waals surface area contributed by atoms with E-state index in [4.69, 9.17) is 0 Å². The zero-order valence-corrected chi connectivity index (χ0v) is 9.41. The molecule has 1 heterocycles. The van der Waals surface area contributed by atoms with E-state index in [9.17, 15) is 10.1 Å². The molecule has 6 heteroatoms. The van der Waals surface area contributed by atoms with Gasteiger partial charge in [-0.05, 0) is 29.8 Å². The van der Waals surface area contributed by atoms with Crippen LogP contribution in [0.2, 0.25) is 0 Å². The predicted molar refractivity (Wildman–Crippen MR) is 57.4 cm³/mol. The summed E-state index contributed by atoms with van der Waals surface area (Å²) >= 11 is 3.16. The maximum Gasteiger partial charge on any atom is 0.310 e. The van der Waals surface area contributed by atoms with E-state index < -0.39 is 4.92 Å². The van der Waals surface area contributed by atoms with Crippen molar-refractivity contribution in [3.8, 4) is 0 Å². The molecule has 0 spiro atoms. The molecule has 0 bridgehead atoms. The quantitative estimate of drug-likeness (QED) is 0.515. The highest BCUT2D eigenvalue weighted by Crippen LogP contribution is 2.26. The third-order valence-electron chi connectivity index (χ3n) is 1.49. The van der Waals surface area contributed by atoms with Gasteiger partial charge in [-0.25, -0.2) is 4.98 Å². The molecule has 0 aliphatic rings. The number of aromatic nitrogens is 1. The standard InChI is InChI=1S/C8H10BrN3O2/c1-5(2)11-6-3-8(9)10-4-7(6)12(13)14/h3-5H,1-2H3,(H,10,11). The lowest BCUT2D eigenvalue weighted by molar-refractivity contribution is -0.384. The van der Waals surface area contributed by atoms with Crippen LogP contribution in [0.1, 0.15) is 13.8 Å². The van der Waals surface area contributed by atoms with Crippen LogP contribution in [0.3, 0.4) is 0 Å². The lowest BCUT2D eigenvalue weighted by Gasteiger charge is -2.09. The minimum atomic E-state index is -0.454. The van der Waals surface area contributed by atoms with E-state index in [0.717, 1.165) is 0 Å². The Kier molecular flexibility index (Phi) is 3.40. The van der Waals surface area contributed by atoms with Crippen molar-refractivity contribution in [2.75, 3.05) is 5.32 Å². The van der Waals surface area contributed by atoms with E-state index >= 15 is 0 Å². The Morgan fingerprint density at radius 2 is 2.29 bits per heavy atom. The number of hydrogen-bond donors (Lipinski definition) is 1. The van der Waals surface area contributed by atoms with Crippen LogP contribution in [-0.2, 0) is 0 Å². The molecule has 0 atom stereocenters. The summed E-state index contributed by atoms with van der Waals surface area (Å²) < 4.78 is 0.575. The normalized spacial score (nSPS) is 10.3. The summed E-state index contributed by atoms with van der Waals surface area (Å²) in [5, 5.41) is 13.6. The minimum Gasteiger partial charge on any atom is -0.377 e. The van der Waals surface area contributed by atoms with E-state index in [1.807, 2.05) is 13.8 Å². The second-order valence-electron chi connectivity index (χ2n) is 3.08. The van der Waals surface area contributed by atoms with Gasteiger partial charge in [0.05, 0.1) is 4.92 Å². The van der Waals surface area contributed by atoms with Gasteiger partial charge in [-0.15, -0.1) is 0 Å². The Morgan fingerprint density at radius 1 is 1.64 bits per heavy atom. The largest absolute Gasteiger partial charge is 0.377 e. The Hall–Kier alpha value is -1.17. The molecule has 1 rings (SSSR count). The summed E-state index contributed by atoms with van der Waals surface area (Å²) in [6, 6.07) is 1.74. The first-order valence-corrected chi connectivity index (χ1v) is 4.86. The van der Waals surface area contributed by atoms with Gasteiger partial charge in [0, 0.05) is 12.1 Å². The molecule has 0 amide bonds. The van der Waals surface area contributed by atoms with E-state index in [-0.39, 0.29) is 11.7 Å². The molecule has 0 fully saturated rings. The average molecular weight is 260 g/mol. The highest BCUT2D eigenvalue weighted by atomic mass is 79.9. The predicted octanol–water partition coefficient (Wildman–Crippen LogP) is 2.57. The molecule has 0 saturated heterocycles. The van der Waals surface area contributed by atoms with Crippen molar-refractivity contribution < 1.29 is 4.92 Å². The van der Waals surface area contributed by atoms with Gasteiger partial charge < -0.3 is 5.32 Å². The number of rotatable bonds is 3. The second-order valence-corrected chi connectivity index (χ2v) is 3.89. The fourth-order valence-corrected chi connectivity index (χ4v) is 1.33. The summed E-state index contributed by atoms with van der Waals surface area (Å²) in [6.07, 6.45) is 1.23. The fourth-order valence-electron chi connectivity index (χ4n) is 0.995. The van der Waals surface area contributed by atoms with Gasteiger partial charge in [-0.1, -0.05) is 0 Å². The van der Waals surface area contributed by atoms with E-state index in [1.54, 1.807) is 6.07 Å². The summed E-state index contributed by atoms with van der Waals surface area (Å²) in [5.41, 5.74) is 0.466. The summed E-state index contributed by atoms with van der Waals surface area (Å²) in [6.45, 7) is 3.83. The van der Waals surface area contributed by atoms with Crippen LogP contribution in [0.4, 0.5) is 11.4 Å². The lowest BCUT2D eigenvalue weighted by Crippen LogP contribution is -2.11. The molecular weight excluding hydrogens is 250 g/mol. The minimum absolute atomic E-state index is 0.0121. The Morgan fingerprint density at radius 3 is 2.79 bits per heavy atom. The summed E-state index contributed by atoms with van der Waals surface area (Å²) in [4.78, 5) is 14.0. The van der Waals surface area contributed by atoms with Crippen LogP contribution in [0, 0.1) is 10.1 Å². The van der Waals surface area contributed by atoms with Crippen molar-refractivity contribution in [1.29, 1.82) is 0 Å². The van der Waals surface area contributed by atoms with Gasteiger partial charge in [0.25, 0.3) is 0 Å². The topological polar surface area (TPSA) is 68.1 Å². The maximum absolute atomic E-state index is 10.6. The van der Waals surface area contributed by atoms with Gasteiger partial charge in [0.1, 0.15) is 16.5 Å². The number of halogens is 1. The van der Waals surface area contributed by atoms with Gasteiger partial charge >= 0.3 is 5.69 Å². The first kappa shape index (κ1) is 10.9. The molecule has 1 N–H and O–H groups in total. The van der Waals surface area contributed by atoms with Crippen molar-refractivity contribution in [2.45, 2.75) is 19.9 Å². The van der Waals surface area contributed by atoms with Crippen molar-refractivity contribution in [2.24, 2.45) is 0 Å². The van der Waals surface area contributed by atoms with Gasteiger partial charge in [-0.3, -0.25) is 10.1 Å². The third-order valence-corrected chi connectivity index (χ3v) is 1.92. The molecule has 0 aliphatic carbocycles. The highest BCUT2D eigenvalue weighted by Gasteiger charge is 2.14. The maximum atomic E-state index is 10.6. The molecule has 0 aliphatic heterocycles. The number of nitrogens with zero attached hydrogens (tertiary/aromatic N) is 2. The van der Waals surface area contributed by atoms with E-state index in [1.165, 1.54) is 6.20 Å². The first-order valence-electron chi connectivity index (χ1n) is 4.07. The third kappa shape index (κ3) is 2.66. The molecule has 14 heavy (non-hydrogen) atoms. The van der Waals surface area contributed by atoms with Crippen LogP contribution in [0.5, 0.6) is 0 Å². The Labute approximate surface area is 89.8 Å². The molecule has 0 radical (unpaired) electrons. The Balaban J connectivity index is 3.09. The lowest BCUT2D eigenvalue weighted by atomic mass is 10.3. The van der Waals surface area contributed by atoms with Gasteiger partial charge in [0.15, 0.2) is 0 Å². The van der Waals surface area contributed by atoms with Crippen molar-refractivity contribution in [1.82, 2.24) is 4.98 Å². The van der Waals surface area contributed by atoms with Crippen LogP contribution >= 0.6 is 15.9 Å². The number of hydrogen-bond acceptors (Lipinski definition) is 4. The zero-order valence-electron chi connectivity index (χ0n) is 7.82. The van der Waals surface area contributed by atoms with Crippen molar-refractivity contribution in [3.63, 3.8) is 0 Å². The number of nitro groups is 1. The van der Waals surface area contributed by atoms with E-state index in [0.29, 0.717) is 10.3 Å². The second kappa shape index (κ2) is 4.36. The molecule has 5 nitrogen and oxygen atoms in total. The van der Waals surface area contributed by atoms with Crippen LogP contribution in [0.15, 0.2) is 16.9 Å². The summed E-state index contributed by atoms with van der Waals surface area (Å²) in [7, 11) is 0. The van der Waals surface area contributed by atoms with Gasteiger partial charge in [0.2, 0.25) is 0 Å². The monoisotopic (exact) mass is 259 g/mol. The van der Waals surface area contributed by atoms with Crippen LogP contribution in [0.25, 0.3) is 0 Å². The zero-order chi connectivity index (χ0) is 10.7. The summed E-state index contributed by atoms with van der Waals surface area (Å²) in [5.74, 6) is 0. The van der Waals surface area contributed by atoms with Crippen LogP contribution < -0.4 is 5.32 Å². The first-order chi connectivity index (χ1) is 6.50. The number of nitrogens with one attached hydrogen (secondary N) is 1.